The Labute approximate surface area is 196 Å². The number of anilines is 1. The summed E-state index contributed by atoms with van der Waals surface area (Å²) in [5, 5.41) is 5.93. The molecule has 1 atom stereocenters. The van der Waals surface area contributed by atoms with Crippen molar-refractivity contribution in [3.05, 3.63) is 59.0 Å². The molecule has 1 aliphatic heterocycles. The fraction of sp³-hybridized carbons (Fsp3) is 0.308. The van der Waals surface area contributed by atoms with Gasteiger partial charge in [0.2, 0.25) is 0 Å². The van der Waals surface area contributed by atoms with Crippen LogP contribution in [0, 0.1) is 17.8 Å². The molecule has 1 unspecified atom stereocenters. The minimum absolute atomic E-state index is 0.104. The van der Waals surface area contributed by atoms with Gasteiger partial charge in [-0.15, -0.1) is 0 Å². The molecule has 6 rings (SSSR count). The molecular weight excluding hydrogens is 428 g/mol. The van der Waals surface area contributed by atoms with E-state index in [0.717, 1.165) is 38.8 Å². The Bertz CT molecular complexity index is 1530. The SMILES string of the molecule is CN(C(=O)c1ccc2nc(N)c3cnn(C)c3c2c1)C1COCc2nc(C#CC3CC3)ccc21. The van der Waals surface area contributed by atoms with Gasteiger partial charge in [0.05, 0.1) is 47.6 Å². The van der Waals surface area contributed by atoms with E-state index in [-0.39, 0.29) is 11.9 Å². The lowest BCUT2D eigenvalue weighted by molar-refractivity contribution is 0.0330. The smallest absolute Gasteiger partial charge is 0.254 e. The van der Waals surface area contributed by atoms with E-state index in [0.29, 0.717) is 30.5 Å². The van der Waals surface area contributed by atoms with Crippen molar-refractivity contribution in [2.75, 3.05) is 19.4 Å². The van der Waals surface area contributed by atoms with Gasteiger partial charge in [0, 0.05) is 36.5 Å². The lowest BCUT2D eigenvalue weighted by Crippen LogP contribution is -2.36. The van der Waals surface area contributed by atoms with E-state index in [4.69, 9.17) is 15.5 Å². The zero-order chi connectivity index (χ0) is 23.4. The van der Waals surface area contributed by atoms with Crippen LogP contribution >= 0.6 is 0 Å². The molecule has 1 amide bonds. The molecule has 1 fully saturated rings. The first-order valence-electron chi connectivity index (χ1n) is 11.4. The average molecular weight is 453 g/mol. The standard InChI is InChI=1S/C26H24N6O2/c1-31(23-14-34-13-22-18(23)9-8-17(29-22)7-5-15-3-4-15)26(33)16-6-10-21-19(11-16)24-20(25(27)30-21)12-28-32(24)2/h6,8-12,15,23H,3-4,13-14H2,1-2H3,(H2,27,30). The van der Waals surface area contributed by atoms with Crippen molar-refractivity contribution in [1.29, 1.82) is 0 Å². The van der Waals surface area contributed by atoms with Crippen LogP contribution < -0.4 is 5.73 Å². The number of pyridine rings is 2. The highest BCUT2D eigenvalue weighted by Crippen LogP contribution is 2.32. The van der Waals surface area contributed by atoms with Gasteiger partial charge in [-0.05, 0) is 43.0 Å². The number of nitrogen functional groups attached to an aromatic ring is 1. The number of hydrogen-bond acceptors (Lipinski definition) is 6. The molecule has 0 saturated heterocycles. The van der Waals surface area contributed by atoms with Crippen molar-refractivity contribution in [2.45, 2.75) is 25.5 Å². The average Bonchev–Trinajstić information content (AvgIpc) is 3.61. The number of amides is 1. The third-order valence-electron chi connectivity index (χ3n) is 6.61. The van der Waals surface area contributed by atoms with Crippen LogP contribution in [0.15, 0.2) is 36.5 Å². The molecule has 0 radical (unpaired) electrons. The van der Waals surface area contributed by atoms with E-state index in [9.17, 15) is 4.79 Å². The van der Waals surface area contributed by atoms with Gasteiger partial charge >= 0.3 is 0 Å². The molecule has 4 heterocycles. The molecule has 170 valence electrons. The second kappa shape index (κ2) is 7.82. The maximum atomic E-state index is 13.5. The number of carbonyl (C=O) groups is 1. The Kier molecular flexibility index (Phi) is 4.74. The number of aromatic nitrogens is 4. The van der Waals surface area contributed by atoms with Crippen LogP contribution in [0.2, 0.25) is 0 Å². The predicted octanol–water partition coefficient (Wildman–Crippen LogP) is 3.20. The van der Waals surface area contributed by atoms with Crippen LogP contribution in [0.4, 0.5) is 5.82 Å². The highest BCUT2D eigenvalue weighted by atomic mass is 16.5. The molecule has 8 nitrogen and oxygen atoms in total. The first-order chi connectivity index (χ1) is 16.5. The molecule has 1 aliphatic carbocycles. The molecule has 8 heteroatoms. The summed E-state index contributed by atoms with van der Waals surface area (Å²) in [5.41, 5.74) is 10.9. The molecule has 0 spiro atoms. The van der Waals surface area contributed by atoms with Gasteiger partial charge in [-0.3, -0.25) is 9.48 Å². The summed E-state index contributed by atoms with van der Waals surface area (Å²) in [4.78, 5) is 24.4. The second-order valence-electron chi connectivity index (χ2n) is 8.98. The zero-order valence-electron chi connectivity index (χ0n) is 19.1. The lowest BCUT2D eigenvalue weighted by Gasteiger charge is -2.32. The van der Waals surface area contributed by atoms with E-state index in [1.807, 2.05) is 31.3 Å². The number of hydrogen-bond donors (Lipinski definition) is 1. The van der Waals surface area contributed by atoms with E-state index >= 15 is 0 Å². The van der Waals surface area contributed by atoms with Gasteiger partial charge in [-0.1, -0.05) is 12.0 Å². The largest absolute Gasteiger partial charge is 0.383 e. The van der Waals surface area contributed by atoms with Crippen molar-refractivity contribution in [3.63, 3.8) is 0 Å². The first kappa shape index (κ1) is 20.6. The van der Waals surface area contributed by atoms with Gasteiger partial charge in [0.1, 0.15) is 11.5 Å². The van der Waals surface area contributed by atoms with E-state index in [1.54, 1.807) is 28.9 Å². The summed E-state index contributed by atoms with van der Waals surface area (Å²) in [7, 11) is 3.66. The van der Waals surface area contributed by atoms with Crippen molar-refractivity contribution in [1.82, 2.24) is 24.6 Å². The fourth-order valence-electron chi connectivity index (χ4n) is 4.52. The second-order valence-corrected chi connectivity index (χ2v) is 8.98. The van der Waals surface area contributed by atoms with Crippen molar-refractivity contribution < 1.29 is 9.53 Å². The summed E-state index contributed by atoms with van der Waals surface area (Å²) >= 11 is 0. The van der Waals surface area contributed by atoms with Crippen LogP contribution in [0.3, 0.4) is 0 Å². The number of ether oxygens (including phenoxy) is 1. The fourth-order valence-corrected chi connectivity index (χ4v) is 4.52. The van der Waals surface area contributed by atoms with Gasteiger partial charge in [-0.25, -0.2) is 9.97 Å². The Morgan fingerprint density at radius 3 is 2.88 bits per heavy atom. The molecule has 0 bridgehead atoms. The Balaban J connectivity index is 1.33. The van der Waals surface area contributed by atoms with Gasteiger partial charge in [0.25, 0.3) is 5.91 Å². The maximum absolute atomic E-state index is 13.5. The Morgan fingerprint density at radius 2 is 2.06 bits per heavy atom. The van der Waals surface area contributed by atoms with Crippen LogP contribution in [0.5, 0.6) is 0 Å². The predicted molar refractivity (Wildman–Crippen MR) is 129 cm³/mol. The summed E-state index contributed by atoms with van der Waals surface area (Å²) in [5.74, 6) is 7.26. The van der Waals surface area contributed by atoms with Crippen LogP contribution in [-0.2, 0) is 18.4 Å². The minimum Gasteiger partial charge on any atom is -0.383 e. The van der Waals surface area contributed by atoms with E-state index in [2.05, 4.69) is 21.9 Å². The lowest BCUT2D eigenvalue weighted by atomic mass is 10.0. The summed E-state index contributed by atoms with van der Waals surface area (Å²) in [6.45, 7) is 0.843. The number of likely N-dealkylation sites (N-methyl/N-ethyl adjacent to an activating group) is 1. The van der Waals surface area contributed by atoms with E-state index in [1.165, 1.54) is 12.8 Å². The molecule has 3 aromatic heterocycles. The molecule has 1 saturated carbocycles. The normalized spacial score (nSPS) is 17.3. The molecule has 2 N–H and O–H groups in total. The highest BCUT2D eigenvalue weighted by molar-refractivity contribution is 6.10. The Morgan fingerprint density at radius 1 is 1.21 bits per heavy atom. The van der Waals surface area contributed by atoms with Crippen LogP contribution in [-0.4, -0.2) is 44.2 Å². The van der Waals surface area contributed by atoms with Crippen LogP contribution in [0.1, 0.15) is 46.2 Å². The third-order valence-corrected chi connectivity index (χ3v) is 6.61. The number of aryl methyl sites for hydroxylation is 1. The van der Waals surface area contributed by atoms with Gasteiger partial charge < -0.3 is 15.4 Å². The molecule has 1 aromatic carbocycles. The number of fused-ring (bicyclic) bond motifs is 4. The topological polar surface area (TPSA) is 99.2 Å². The first-order valence-corrected chi connectivity index (χ1v) is 11.4. The summed E-state index contributed by atoms with van der Waals surface area (Å²) in [6.07, 6.45) is 4.06. The van der Waals surface area contributed by atoms with Crippen molar-refractivity contribution in [2.24, 2.45) is 13.0 Å². The van der Waals surface area contributed by atoms with Crippen molar-refractivity contribution in [3.8, 4) is 11.8 Å². The monoisotopic (exact) mass is 452 g/mol. The molecular formula is C26H24N6O2. The number of nitrogens with zero attached hydrogens (tertiary/aromatic N) is 5. The number of rotatable bonds is 2. The minimum atomic E-state index is -0.230. The molecule has 34 heavy (non-hydrogen) atoms. The third kappa shape index (κ3) is 3.45. The quantitative estimate of drug-likeness (QED) is 0.469. The number of benzene rings is 1. The number of carbonyl (C=O) groups excluding carboxylic acids is 1. The zero-order valence-corrected chi connectivity index (χ0v) is 19.1. The summed E-state index contributed by atoms with van der Waals surface area (Å²) < 4.78 is 7.57. The molecule has 2 aliphatic rings. The van der Waals surface area contributed by atoms with E-state index < -0.39 is 0 Å². The number of nitrogens with two attached hydrogens (primary N) is 1. The van der Waals surface area contributed by atoms with Crippen LogP contribution in [0.25, 0.3) is 21.8 Å². The molecule has 4 aromatic rings. The van der Waals surface area contributed by atoms with Gasteiger partial charge in [0.15, 0.2) is 0 Å². The van der Waals surface area contributed by atoms with Crippen molar-refractivity contribution >= 4 is 33.5 Å². The Hall–Kier alpha value is -3.96. The van der Waals surface area contributed by atoms with Gasteiger partial charge in [-0.2, -0.15) is 5.10 Å². The maximum Gasteiger partial charge on any atom is 0.254 e. The summed E-state index contributed by atoms with van der Waals surface area (Å²) in [6, 6.07) is 9.22. The highest BCUT2D eigenvalue weighted by Gasteiger charge is 2.29.